The Morgan fingerprint density at radius 3 is 2.31 bits per heavy atom. The Morgan fingerprint density at radius 1 is 1.04 bits per heavy atom. The maximum absolute atomic E-state index is 12.9. The Morgan fingerprint density at radius 2 is 1.65 bits per heavy atom. The van der Waals surface area contributed by atoms with Gasteiger partial charge >= 0.3 is 0 Å². The molecule has 2 fully saturated rings. The molecule has 0 saturated heterocycles. The number of allylic oxidation sites excluding steroid dienone is 1. The smallest absolute Gasteiger partial charge is 0.249 e. The van der Waals surface area contributed by atoms with Gasteiger partial charge in [0.1, 0.15) is 16.7 Å². The van der Waals surface area contributed by atoms with Gasteiger partial charge in [0.2, 0.25) is 5.91 Å². The van der Waals surface area contributed by atoms with Crippen molar-refractivity contribution in [1.29, 1.82) is 0 Å². The van der Waals surface area contributed by atoms with E-state index in [2.05, 4.69) is 5.32 Å². The number of nitrogens with one attached hydrogen (secondary N) is 1. The lowest BCUT2D eigenvalue weighted by Gasteiger charge is -2.36. The second-order valence-electron chi connectivity index (χ2n) is 8.39. The number of carbonyl (C=O) groups excluding carboxylic acids is 1. The molecule has 0 aromatic carbocycles. The third-order valence-corrected chi connectivity index (χ3v) is 7.42. The van der Waals surface area contributed by atoms with Crippen LogP contribution in [0.2, 0.25) is 0 Å². The van der Waals surface area contributed by atoms with Crippen LogP contribution in [0.25, 0.3) is 0 Å². The zero-order chi connectivity index (χ0) is 18.6. The lowest BCUT2D eigenvalue weighted by molar-refractivity contribution is -0.118. The van der Waals surface area contributed by atoms with E-state index in [1.165, 1.54) is 38.4 Å². The van der Waals surface area contributed by atoms with Crippen LogP contribution in [0.3, 0.4) is 0 Å². The van der Waals surface area contributed by atoms with Gasteiger partial charge in [0.05, 0.1) is 12.2 Å². The molecule has 0 spiro atoms. The molecule has 0 aromatic rings. The van der Waals surface area contributed by atoms with E-state index >= 15 is 0 Å². The van der Waals surface area contributed by atoms with Crippen LogP contribution in [0, 0.1) is 5.92 Å². The van der Waals surface area contributed by atoms with Crippen LogP contribution < -0.4 is 5.32 Å². The monoisotopic (exact) mass is 382 g/mol. The van der Waals surface area contributed by atoms with Crippen LogP contribution in [-0.2, 0) is 19.4 Å². The minimum Gasteiger partial charge on any atom is -0.593 e. The Labute approximate surface area is 159 Å². The minimum absolute atomic E-state index is 0.0242. The van der Waals surface area contributed by atoms with Gasteiger partial charge < -0.3 is 9.87 Å². The van der Waals surface area contributed by atoms with Gasteiger partial charge in [-0.1, -0.05) is 36.3 Å². The van der Waals surface area contributed by atoms with Crippen LogP contribution >= 0.6 is 0 Å². The first kappa shape index (κ1) is 19.9. The Balaban J connectivity index is 1.81. The van der Waals surface area contributed by atoms with E-state index < -0.39 is 10.4 Å². The average molecular weight is 383 g/mol. The summed E-state index contributed by atoms with van der Waals surface area (Å²) in [7, 11) is -3.36. The van der Waals surface area contributed by atoms with E-state index in [1.807, 2.05) is 0 Å². The van der Waals surface area contributed by atoms with Crippen LogP contribution in [0.5, 0.6) is 0 Å². The van der Waals surface area contributed by atoms with E-state index in [-0.39, 0.29) is 11.9 Å². The van der Waals surface area contributed by atoms with Gasteiger partial charge in [-0.15, -0.1) is 0 Å². The molecule has 0 heterocycles. The van der Waals surface area contributed by atoms with Gasteiger partial charge in [0, 0.05) is 11.6 Å². The normalized spacial score (nSPS) is 25.2. The number of rotatable bonds is 6. The zero-order valence-corrected chi connectivity index (χ0v) is 17.0. The van der Waals surface area contributed by atoms with Crippen molar-refractivity contribution >= 4 is 16.3 Å². The summed E-state index contributed by atoms with van der Waals surface area (Å²) in [5.41, 5.74) is 1.50. The highest BCUT2D eigenvalue weighted by Gasteiger charge is 2.33. The molecular formula is C20H34N2O3S. The van der Waals surface area contributed by atoms with Gasteiger partial charge in [-0.2, -0.15) is 4.31 Å². The predicted molar refractivity (Wildman–Crippen MR) is 104 cm³/mol. The quantitative estimate of drug-likeness (QED) is 0.708. The van der Waals surface area contributed by atoms with Crippen molar-refractivity contribution < 1.29 is 13.6 Å². The Hall–Kier alpha value is -0.880. The topological polar surface area (TPSA) is 72.5 Å². The second kappa shape index (κ2) is 8.87. The molecule has 0 aliphatic heterocycles. The first-order valence-electron chi connectivity index (χ1n) is 10.5. The van der Waals surface area contributed by atoms with Crippen LogP contribution in [0.4, 0.5) is 0 Å². The molecule has 0 aromatic heterocycles. The summed E-state index contributed by atoms with van der Waals surface area (Å²) in [5, 5.41) is 3.17. The van der Waals surface area contributed by atoms with Crippen LogP contribution in [0.15, 0.2) is 11.3 Å². The third-order valence-electron chi connectivity index (χ3n) is 6.25. The SMILES string of the molecule is C[S+](=O)([O-])N(CC1CCCCC1)C1=C(C(=O)NC2CCCC2)CCCC1. The summed E-state index contributed by atoms with van der Waals surface area (Å²) >= 11 is 0. The summed E-state index contributed by atoms with van der Waals surface area (Å²) in [4.78, 5) is 12.9. The Kier molecular flexibility index (Phi) is 6.78. The zero-order valence-electron chi connectivity index (χ0n) is 16.1. The van der Waals surface area contributed by atoms with Crippen molar-refractivity contribution in [2.24, 2.45) is 5.92 Å². The molecule has 1 N–H and O–H groups in total. The highest BCUT2D eigenvalue weighted by atomic mass is 32.3. The fourth-order valence-corrected chi connectivity index (χ4v) is 5.89. The molecule has 1 unspecified atom stereocenters. The fourth-order valence-electron chi connectivity index (χ4n) is 4.80. The molecule has 2 saturated carbocycles. The largest absolute Gasteiger partial charge is 0.593 e. The van der Waals surface area contributed by atoms with E-state index in [0.29, 0.717) is 25.3 Å². The number of sulfonamides is 1. The molecule has 1 amide bonds. The van der Waals surface area contributed by atoms with Crippen molar-refractivity contribution in [3.8, 4) is 0 Å². The molecule has 0 radical (unpaired) electrons. The lowest BCUT2D eigenvalue weighted by Crippen LogP contribution is -2.42. The van der Waals surface area contributed by atoms with E-state index in [9.17, 15) is 13.6 Å². The lowest BCUT2D eigenvalue weighted by atomic mass is 9.88. The second-order valence-corrected chi connectivity index (χ2v) is 10.3. The molecule has 6 heteroatoms. The molecule has 3 rings (SSSR count). The van der Waals surface area contributed by atoms with Crippen molar-refractivity contribution in [2.75, 3.05) is 12.8 Å². The molecule has 148 valence electrons. The first-order chi connectivity index (χ1) is 12.4. The van der Waals surface area contributed by atoms with Gasteiger partial charge in [-0.05, 0) is 57.3 Å². The molecule has 3 aliphatic rings. The van der Waals surface area contributed by atoms with Crippen LogP contribution in [-0.4, -0.2) is 33.6 Å². The van der Waals surface area contributed by atoms with Gasteiger partial charge in [-0.25, -0.2) is 0 Å². The predicted octanol–water partition coefficient (Wildman–Crippen LogP) is 3.93. The van der Waals surface area contributed by atoms with Crippen LogP contribution in [0.1, 0.15) is 83.5 Å². The molecular weight excluding hydrogens is 348 g/mol. The number of nitrogens with zero attached hydrogens (tertiary/aromatic N) is 1. The number of carbonyl (C=O) groups is 1. The standard InChI is InChI=1S/C20H34N2O3S/c1-26(24,25)22(15-16-9-3-2-4-10-16)19-14-8-7-13-18(19)20(23)21-17-11-5-6-12-17/h16-17H,2-15H2,1H3,(H-,21,23,24,25). The third kappa shape index (κ3) is 5.10. The van der Waals surface area contributed by atoms with E-state index in [4.69, 9.17) is 0 Å². The van der Waals surface area contributed by atoms with Gasteiger partial charge in [-0.3, -0.25) is 4.79 Å². The van der Waals surface area contributed by atoms with E-state index in [0.717, 1.165) is 49.8 Å². The highest BCUT2D eigenvalue weighted by molar-refractivity contribution is 7.94. The molecule has 0 bridgehead atoms. The summed E-state index contributed by atoms with van der Waals surface area (Å²) in [6.07, 6.45) is 14.9. The first-order valence-corrected chi connectivity index (χ1v) is 12.3. The minimum atomic E-state index is -3.36. The number of hydrogen-bond donors (Lipinski definition) is 1. The summed E-state index contributed by atoms with van der Waals surface area (Å²) in [6.45, 7) is 0.550. The summed E-state index contributed by atoms with van der Waals surface area (Å²) in [5.74, 6) is 0.399. The summed E-state index contributed by atoms with van der Waals surface area (Å²) in [6, 6.07) is 0.267. The maximum atomic E-state index is 12.9. The van der Waals surface area contributed by atoms with E-state index in [1.54, 1.807) is 4.31 Å². The highest BCUT2D eigenvalue weighted by Crippen LogP contribution is 2.34. The van der Waals surface area contributed by atoms with Crippen molar-refractivity contribution in [1.82, 2.24) is 9.62 Å². The van der Waals surface area contributed by atoms with Gasteiger partial charge in [0.25, 0.3) is 0 Å². The molecule has 26 heavy (non-hydrogen) atoms. The van der Waals surface area contributed by atoms with Crippen molar-refractivity contribution in [3.63, 3.8) is 0 Å². The van der Waals surface area contributed by atoms with Gasteiger partial charge in [0.15, 0.2) is 0 Å². The fraction of sp³-hybridized carbons (Fsp3) is 0.850. The number of hydrogen-bond acceptors (Lipinski definition) is 3. The molecule has 3 aliphatic carbocycles. The van der Waals surface area contributed by atoms with Crippen molar-refractivity contribution in [3.05, 3.63) is 11.3 Å². The Bertz CT molecular complexity index is 572. The average Bonchev–Trinajstić information content (AvgIpc) is 3.12. The molecule has 5 nitrogen and oxygen atoms in total. The maximum Gasteiger partial charge on any atom is 0.249 e. The number of amides is 1. The summed E-state index contributed by atoms with van der Waals surface area (Å²) < 4.78 is 26.7. The van der Waals surface area contributed by atoms with Crippen molar-refractivity contribution in [2.45, 2.75) is 89.5 Å². The molecule has 1 atom stereocenters.